The summed E-state index contributed by atoms with van der Waals surface area (Å²) in [5, 5.41) is 13.4. The number of aliphatic hydroxyl groups is 1. The molecule has 1 heterocycles. The Kier molecular flexibility index (Phi) is 4.07. The zero-order valence-electron chi connectivity index (χ0n) is 12.5. The normalized spacial score (nSPS) is 24.1. The van der Waals surface area contributed by atoms with Crippen molar-refractivity contribution in [1.29, 1.82) is 0 Å². The molecular weight excluding hydrogens is 274 g/mol. The second kappa shape index (κ2) is 5.33. The minimum Gasteiger partial charge on any atom is -0.392 e. The molecule has 2 N–H and O–H groups in total. The molecule has 1 amide bonds. The van der Waals surface area contributed by atoms with Crippen molar-refractivity contribution in [1.82, 2.24) is 15.3 Å². The van der Waals surface area contributed by atoms with Crippen molar-refractivity contribution in [3.8, 4) is 0 Å². The summed E-state index contributed by atoms with van der Waals surface area (Å²) in [6, 6.07) is -0.0135. The number of hydrogen-bond donors (Lipinski definition) is 2. The Labute approximate surface area is 123 Å². The number of carbonyl (C=O) groups is 1. The van der Waals surface area contributed by atoms with Gasteiger partial charge in [-0.2, -0.15) is 0 Å². The summed E-state index contributed by atoms with van der Waals surface area (Å²) in [5.41, 5.74) is 0.951. The highest BCUT2D eigenvalue weighted by Crippen LogP contribution is 2.40. The maximum atomic E-state index is 12.5. The monoisotopic (exact) mass is 295 g/mol. The molecule has 0 aromatic carbocycles. The smallest absolute Gasteiger partial charge is 0.256 e. The Morgan fingerprint density at radius 1 is 1.40 bits per heavy atom. The van der Waals surface area contributed by atoms with Crippen molar-refractivity contribution in [3.63, 3.8) is 0 Å². The second-order valence-corrected chi connectivity index (χ2v) is 6.63. The molecule has 5 nitrogen and oxygen atoms in total. The van der Waals surface area contributed by atoms with Crippen LogP contribution in [0.4, 0.5) is 0 Å². The topological polar surface area (TPSA) is 75.1 Å². The van der Waals surface area contributed by atoms with Gasteiger partial charge in [0.15, 0.2) is 0 Å². The largest absolute Gasteiger partial charge is 0.392 e. The predicted octanol–water partition coefficient (Wildman–Crippen LogP) is 1.70. The van der Waals surface area contributed by atoms with Gasteiger partial charge in [0, 0.05) is 11.5 Å². The number of carbonyl (C=O) groups excluding carboxylic acids is 1. The first-order chi connectivity index (χ1) is 9.27. The molecule has 20 heavy (non-hydrogen) atoms. The summed E-state index contributed by atoms with van der Waals surface area (Å²) in [4.78, 5) is 21.1. The maximum absolute atomic E-state index is 12.5. The fourth-order valence-corrected chi connectivity index (χ4v) is 3.14. The Bertz CT molecular complexity index is 545. The molecule has 110 valence electrons. The lowest BCUT2D eigenvalue weighted by atomic mass is 9.64. The molecule has 2 atom stereocenters. The van der Waals surface area contributed by atoms with Gasteiger partial charge in [0.25, 0.3) is 5.91 Å². The lowest BCUT2D eigenvalue weighted by Crippen LogP contribution is -2.61. The number of thioether (sulfide) groups is 1. The van der Waals surface area contributed by atoms with Crippen LogP contribution in [0.3, 0.4) is 0 Å². The fraction of sp³-hybridized carbons (Fsp3) is 0.643. The van der Waals surface area contributed by atoms with Crippen LogP contribution in [0.2, 0.25) is 0 Å². The Balaban J connectivity index is 2.22. The van der Waals surface area contributed by atoms with Crippen LogP contribution in [-0.4, -0.2) is 39.4 Å². The van der Waals surface area contributed by atoms with Gasteiger partial charge in [-0.25, -0.2) is 9.97 Å². The van der Waals surface area contributed by atoms with Crippen LogP contribution >= 0.6 is 11.8 Å². The maximum Gasteiger partial charge on any atom is 0.256 e. The van der Waals surface area contributed by atoms with Crippen LogP contribution in [0.15, 0.2) is 5.03 Å². The Morgan fingerprint density at radius 2 is 2.05 bits per heavy atom. The van der Waals surface area contributed by atoms with E-state index in [-0.39, 0.29) is 23.5 Å². The standard InChI is InChI=1S/C14H21N3O2S/c1-7-11(13(20-5)16-8(2)15-7)12(19)17-9-6-10(18)14(9,3)4/h9-10,18H,6H2,1-5H3,(H,17,19). The van der Waals surface area contributed by atoms with Gasteiger partial charge in [-0.1, -0.05) is 13.8 Å². The average Bonchev–Trinajstić information content (AvgIpc) is 2.37. The number of amides is 1. The van der Waals surface area contributed by atoms with E-state index >= 15 is 0 Å². The number of aliphatic hydroxyl groups excluding tert-OH is 1. The fourth-order valence-electron chi connectivity index (χ4n) is 2.47. The third-order valence-electron chi connectivity index (χ3n) is 4.11. The van der Waals surface area contributed by atoms with E-state index in [9.17, 15) is 9.90 Å². The highest BCUT2D eigenvalue weighted by molar-refractivity contribution is 7.98. The van der Waals surface area contributed by atoms with Crippen molar-refractivity contribution in [2.24, 2.45) is 5.41 Å². The van der Waals surface area contributed by atoms with Crippen molar-refractivity contribution in [2.45, 2.75) is 51.3 Å². The second-order valence-electron chi connectivity index (χ2n) is 5.84. The number of rotatable bonds is 3. The molecule has 6 heteroatoms. The first-order valence-electron chi connectivity index (χ1n) is 6.65. The predicted molar refractivity (Wildman–Crippen MR) is 78.9 cm³/mol. The van der Waals surface area contributed by atoms with Crippen LogP contribution in [0, 0.1) is 19.3 Å². The Hall–Kier alpha value is -1.14. The average molecular weight is 295 g/mol. The van der Waals surface area contributed by atoms with Crippen LogP contribution in [0.5, 0.6) is 0 Å². The van der Waals surface area contributed by atoms with Crippen molar-refractivity contribution >= 4 is 17.7 Å². The summed E-state index contributed by atoms with van der Waals surface area (Å²) in [7, 11) is 0. The molecule has 1 fully saturated rings. The molecule has 0 spiro atoms. The summed E-state index contributed by atoms with van der Waals surface area (Å²) in [6.07, 6.45) is 2.14. The number of nitrogens with zero attached hydrogens (tertiary/aromatic N) is 2. The van der Waals surface area contributed by atoms with E-state index in [2.05, 4.69) is 15.3 Å². The van der Waals surface area contributed by atoms with Crippen molar-refractivity contribution in [3.05, 3.63) is 17.1 Å². The van der Waals surface area contributed by atoms with Gasteiger partial charge in [-0.05, 0) is 26.5 Å². The van der Waals surface area contributed by atoms with Gasteiger partial charge < -0.3 is 10.4 Å². The quantitative estimate of drug-likeness (QED) is 0.656. The van der Waals surface area contributed by atoms with Crippen LogP contribution < -0.4 is 5.32 Å². The van der Waals surface area contributed by atoms with Crippen LogP contribution in [-0.2, 0) is 0 Å². The van der Waals surface area contributed by atoms with E-state index < -0.39 is 0 Å². The van der Waals surface area contributed by atoms with E-state index in [1.165, 1.54) is 11.8 Å². The SMILES string of the molecule is CSc1nc(C)nc(C)c1C(=O)NC1CC(O)C1(C)C. The molecule has 0 saturated heterocycles. The van der Waals surface area contributed by atoms with Crippen LogP contribution in [0.25, 0.3) is 0 Å². The van der Waals surface area contributed by atoms with Gasteiger partial charge in [0.2, 0.25) is 0 Å². The highest BCUT2D eigenvalue weighted by atomic mass is 32.2. The molecule has 0 bridgehead atoms. The molecule has 2 unspecified atom stereocenters. The molecule has 1 aromatic heterocycles. The third kappa shape index (κ3) is 2.54. The van der Waals surface area contributed by atoms with Gasteiger partial charge >= 0.3 is 0 Å². The summed E-state index contributed by atoms with van der Waals surface area (Å²) >= 11 is 1.44. The molecule has 1 saturated carbocycles. The van der Waals surface area contributed by atoms with Gasteiger partial charge in [-0.15, -0.1) is 11.8 Å². The summed E-state index contributed by atoms with van der Waals surface area (Å²) in [6.45, 7) is 7.56. The van der Waals surface area contributed by atoms with Gasteiger partial charge in [0.1, 0.15) is 10.9 Å². The van der Waals surface area contributed by atoms with E-state index in [0.717, 1.165) is 0 Å². The molecule has 1 aliphatic carbocycles. The van der Waals surface area contributed by atoms with E-state index in [1.807, 2.05) is 34.0 Å². The first-order valence-corrected chi connectivity index (χ1v) is 7.88. The summed E-state index contributed by atoms with van der Waals surface area (Å²) < 4.78 is 0. The molecule has 0 aliphatic heterocycles. The lowest BCUT2D eigenvalue weighted by Gasteiger charge is -2.49. The third-order valence-corrected chi connectivity index (χ3v) is 4.79. The van der Waals surface area contributed by atoms with E-state index in [0.29, 0.717) is 28.5 Å². The molecular formula is C14H21N3O2S. The minimum atomic E-state index is -0.358. The number of nitrogens with one attached hydrogen (secondary N) is 1. The zero-order chi connectivity index (χ0) is 15.1. The van der Waals surface area contributed by atoms with Crippen molar-refractivity contribution < 1.29 is 9.90 Å². The Morgan fingerprint density at radius 3 is 2.55 bits per heavy atom. The first kappa shape index (κ1) is 15.3. The highest BCUT2D eigenvalue weighted by Gasteiger charge is 2.48. The number of aromatic nitrogens is 2. The van der Waals surface area contributed by atoms with Crippen molar-refractivity contribution in [2.75, 3.05) is 6.26 Å². The number of hydrogen-bond acceptors (Lipinski definition) is 5. The minimum absolute atomic E-state index is 0.0135. The molecule has 2 rings (SSSR count). The molecule has 1 aromatic rings. The van der Waals surface area contributed by atoms with Gasteiger partial charge in [0.05, 0.1) is 17.4 Å². The molecule has 1 aliphatic rings. The number of aryl methyl sites for hydroxylation is 2. The van der Waals surface area contributed by atoms with Gasteiger partial charge in [-0.3, -0.25) is 4.79 Å². The molecule has 0 radical (unpaired) electrons. The van der Waals surface area contributed by atoms with E-state index in [1.54, 1.807) is 0 Å². The van der Waals surface area contributed by atoms with Crippen LogP contribution in [0.1, 0.15) is 42.1 Å². The zero-order valence-corrected chi connectivity index (χ0v) is 13.3. The summed E-state index contributed by atoms with van der Waals surface area (Å²) in [5.74, 6) is 0.514. The van der Waals surface area contributed by atoms with E-state index in [4.69, 9.17) is 0 Å². The lowest BCUT2D eigenvalue weighted by molar-refractivity contribution is -0.0690.